The number of aryl methyl sites for hydroxylation is 1. The first-order valence-corrected chi connectivity index (χ1v) is 11.1. The van der Waals surface area contributed by atoms with Crippen LogP contribution in [0.5, 0.6) is 5.75 Å². The number of hydrogen-bond acceptors (Lipinski definition) is 8. The molecule has 1 amide bonds. The summed E-state index contributed by atoms with van der Waals surface area (Å²) in [6, 6.07) is 4.64. The molecule has 1 N–H and O–H groups in total. The number of benzene rings is 1. The number of alkyl halides is 3. The number of amides is 1. The van der Waals surface area contributed by atoms with Crippen LogP contribution in [0.1, 0.15) is 30.2 Å². The van der Waals surface area contributed by atoms with Crippen molar-refractivity contribution in [2.24, 2.45) is 0 Å². The highest BCUT2D eigenvalue weighted by atomic mass is 32.2. The largest absolute Gasteiger partial charge is 0.486 e. The molecule has 0 saturated heterocycles. The molecule has 0 aliphatic rings. The molecule has 0 fully saturated rings. The lowest BCUT2D eigenvalue weighted by Crippen LogP contribution is -2.14. The fraction of sp³-hybridized carbons (Fsp3) is 0.389. The summed E-state index contributed by atoms with van der Waals surface area (Å²) in [5.41, 5.74) is -0.786. The number of carbonyl (C=O) groups excluding carboxylic acids is 1. The highest BCUT2D eigenvalue weighted by Gasteiger charge is 2.30. The standard InChI is InChI=1S/C18H19F3N6O2S2/c1-3-15-24-25-16(31-15)22-14(28)10-30-17-26-23-13(27(17)4-2)9-29-12-7-5-6-11(8-12)18(19,20)21/h5-8H,3-4,9-10H2,1-2H3,(H,22,25,28). The minimum absolute atomic E-state index is 0.0561. The summed E-state index contributed by atoms with van der Waals surface area (Å²) in [6.45, 7) is 4.27. The maximum atomic E-state index is 12.8. The normalized spacial score (nSPS) is 11.5. The van der Waals surface area contributed by atoms with Crippen molar-refractivity contribution in [3.05, 3.63) is 40.7 Å². The van der Waals surface area contributed by atoms with Gasteiger partial charge in [-0.25, -0.2) is 0 Å². The van der Waals surface area contributed by atoms with E-state index in [9.17, 15) is 18.0 Å². The predicted molar refractivity (Wildman–Crippen MR) is 110 cm³/mol. The monoisotopic (exact) mass is 472 g/mol. The minimum Gasteiger partial charge on any atom is -0.486 e. The molecule has 0 unspecified atom stereocenters. The number of anilines is 1. The number of ether oxygens (including phenoxy) is 1. The zero-order valence-electron chi connectivity index (χ0n) is 16.6. The molecule has 0 aliphatic heterocycles. The van der Waals surface area contributed by atoms with Crippen molar-refractivity contribution in [3.8, 4) is 5.75 Å². The maximum absolute atomic E-state index is 12.8. The molecule has 0 bridgehead atoms. The Morgan fingerprint density at radius 1 is 1.23 bits per heavy atom. The quantitative estimate of drug-likeness (QED) is 0.470. The molecule has 2 aromatic heterocycles. The fourth-order valence-electron chi connectivity index (χ4n) is 2.49. The van der Waals surface area contributed by atoms with Gasteiger partial charge in [-0.15, -0.1) is 20.4 Å². The van der Waals surface area contributed by atoms with Crippen LogP contribution in [0.3, 0.4) is 0 Å². The predicted octanol–water partition coefficient (Wildman–Crippen LogP) is 4.04. The Morgan fingerprint density at radius 3 is 2.71 bits per heavy atom. The second-order valence-corrected chi connectivity index (χ2v) is 8.15. The second-order valence-electron chi connectivity index (χ2n) is 6.15. The van der Waals surface area contributed by atoms with Crippen molar-refractivity contribution >= 4 is 34.1 Å². The smallest absolute Gasteiger partial charge is 0.416 e. The zero-order valence-corrected chi connectivity index (χ0v) is 18.3. The summed E-state index contributed by atoms with van der Waals surface area (Å²) in [5.74, 6) is 0.363. The van der Waals surface area contributed by atoms with Gasteiger partial charge in [-0.2, -0.15) is 13.2 Å². The Balaban J connectivity index is 1.58. The third-order valence-electron chi connectivity index (χ3n) is 3.99. The van der Waals surface area contributed by atoms with Crippen LogP contribution in [0.4, 0.5) is 18.3 Å². The molecule has 8 nitrogen and oxygen atoms in total. The van der Waals surface area contributed by atoms with Gasteiger partial charge in [0.2, 0.25) is 11.0 Å². The van der Waals surface area contributed by atoms with E-state index in [-0.39, 0.29) is 24.0 Å². The molecule has 0 aliphatic carbocycles. The fourth-order valence-corrected chi connectivity index (χ4v) is 4.01. The number of hydrogen-bond donors (Lipinski definition) is 1. The van der Waals surface area contributed by atoms with Crippen molar-refractivity contribution < 1.29 is 22.7 Å². The molecule has 0 saturated carbocycles. The van der Waals surface area contributed by atoms with Crippen molar-refractivity contribution in [3.63, 3.8) is 0 Å². The SMILES string of the molecule is CCc1nnc(NC(=O)CSc2nnc(COc3cccc(C(F)(F)F)c3)n2CC)s1. The lowest BCUT2D eigenvalue weighted by Gasteiger charge is -2.11. The molecule has 0 spiro atoms. The van der Waals surface area contributed by atoms with Crippen molar-refractivity contribution in [1.29, 1.82) is 0 Å². The van der Waals surface area contributed by atoms with Gasteiger partial charge in [0.25, 0.3) is 0 Å². The van der Waals surface area contributed by atoms with Crippen LogP contribution in [0, 0.1) is 0 Å². The molecule has 0 atom stereocenters. The number of aromatic nitrogens is 5. The third-order valence-corrected chi connectivity index (χ3v) is 5.94. The Kier molecular flexibility index (Phi) is 7.49. The Hall–Kier alpha value is -2.67. The number of nitrogens with zero attached hydrogens (tertiary/aromatic N) is 5. The number of halogens is 3. The molecule has 31 heavy (non-hydrogen) atoms. The Morgan fingerprint density at radius 2 is 2.03 bits per heavy atom. The van der Waals surface area contributed by atoms with Gasteiger partial charge in [-0.05, 0) is 31.5 Å². The molecule has 3 aromatic rings. The molecule has 166 valence electrons. The van der Waals surface area contributed by atoms with Gasteiger partial charge in [-0.1, -0.05) is 36.1 Å². The third kappa shape index (κ3) is 6.17. The first kappa shape index (κ1) is 23.0. The first-order chi connectivity index (χ1) is 14.8. The van der Waals surface area contributed by atoms with E-state index >= 15 is 0 Å². The molecule has 1 aromatic carbocycles. The maximum Gasteiger partial charge on any atom is 0.416 e. The van der Waals surface area contributed by atoms with E-state index in [1.54, 1.807) is 4.57 Å². The highest BCUT2D eigenvalue weighted by molar-refractivity contribution is 7.99. The summed E-state index contributed by atoms with van der Waals surface area (Å²) in [6.07, 6.45) is -3.70. The van der Waals surface area contributed by atoms with Gasteiger partial charge in [0, 0.05) is 6.54 Å². The minimum atomic E-state index is -4.44. The number of thioether (sulfide) groups is 1. The number of carbonyl (C=O) groups is 1. The molecular weight excluding hydrogens is 453 g/mol. The van der Waals surface area contributed by atoms with Gasteiger partial charge < -0.3 is 9.30 Å². The number of nitrogens with one attached hydrogen (secondary N) is 1. The van der Waals surface area contributed by atoms with E-state index < -0.39 is 11.7 Å². The zero-order chi connectivity index (χ0) is 22.4. The van der Waals surface area contributed by atoms with E-state index in [0.717, 1.165) is 23.6 Å². The summed E-state index contributed by atoms with van der Waals surface area (Å²) in [7, 11) is 0. The Bertz CT molecular complexity index is 1040. The number of rotatable bonds is 9. The first-order valence-electron chi connectivity index (χ1n) is 9.27. The van der Waals surface area contributed by atoms with Crippen LogP contribution in [-0.4, -0.2) is 36.6 Å². The van der Waals surface area contributed by atoms with E-state index in [0.29, 0.717) is 22.7 Å². The van der Waals surface area contributed by atoms with Crippen LogP contribution >= 0.6 is 23.1 Å². The van der Waals surface area contributed by atoms with E-state index in [1.165, 1.54) is 35.2 Å². The second kappa shape index (κ2) is 10.1. The molecule has 0 radical (unpaired) electrons. The average molecular weight is 473 g/mol. The lowest BCUT2D eigenvalue weighted by atomic mass is 10.2. The highest BCUT2D eigenvalue weighted by Crippen LogP contribution is 2.31. The Labute approximate surface area is 184 Å². The molecule has 3 rings (SSSR count). The summed E-state index contributed by atoms with van der Waals surface area (Å²) >= 11 is 2.51. The molecule has 13 heteroatoms. The molecular formula is C18H19F3N6O2S2. The lowest BCUT2D eigenvalue weighted by molar-refractivity contribution is -0.137. The van der Waals surface area contributed by atoms with Gasteiger partial charge in [0.15, 0.2) is 11.0 Å². The summed E-state index contributed by atoms with van der Waals surface area (Å²) < 4.78 is 45.7. The van der Waals surface area contributed by atoms with Crippen LogP contribution in [0.15, 0.2) is 29.4 Å². The van der Waals surface area contributed by atoms with Gasteiger partial charge in [0.1, 0.15) is 17.4 Å². The van der Waals surface area contributed by atoms with Crippen molar-refractivity contribution in [2.45, 2.75) is 44.8 Å². The van der Waals surface area contributed by atoms with Crippen LogP contribution in [0.25, 0.3) is 0 Å². The topological polar surface area (TPSA) is 94.8 Å². The van der Waals surface area contributed by atoms with E-state index in [1.807, 2.05) is 13.8 Å². The summed E-state index contributed by atoms with van der Waals surface area (Å²) in [5, 5.41) is 20.4. The van der Waals surface area contributed by atoms with Gasteiger partial charge in [0.05, 0.1) is 11.3 Å². The van der Waals surface area contributed by atoms with Crippen LogP contribution in [0.2, 0.25) is 0 Å². The van der Waals surface area contributed by atoms with Crippen LogP contribution < -0.4 is 10.1 Å². The molecule has 2 heterocycles. The van der Waals surface area contributed by atoms with E-state index in [2.05, 4.69) is 25.7 Å². The van der Waals surface area contributed by atoms with E-state index in [4.69, 9.17) is 4.74 Å². The average Bonchev–Trinajstić information content (AvgIpc) is 3.36. The van der Waals surface area contributed by atoms with Crippen molar-refractivity contribution in [1.82, 2.24) is 25.0 Å². The van der Waals surface area contributed by atoms with Gasteiger partial charge >= 0.3 is 6.18 Å². The van der Waals surface area contributed by atoms with Crippen molar-refractivity contribution in [2.75, 3.05) is 11.1 Å². The summed E-state index contributed by atoms with van der Waals surface area (Å²) in [4.78, 5) is 12.1. The van der Waals surface area contributed by atoms with Crippen LogP contribution in [-0.2, 0) is 30.5 Å². The van der Waals surface area contributed by atoms with Gasteiger partial charge in [-0.3, -0.25) is 10.1 Å².